The van der Waals surface area contributed by atoms with Crippen LogP contribution in [0.3, 0.4) is 0 Å². The Morgan fingerprint density at radius 3 is 2.15 bits per heavy atom. The third-order valence-electron chi connectivity index (χ3n) is 12.3. The molecule has 0 saturated carbocycles. The van der Waals surface area contributed by atoms with Crippen molar-refractivity contribution >= 4 is 49.4 Å². The Kier molecular flexibility index (Phi) is 6.41. The summed E-state index contributed by atoms with van der Waals surface area (Å²) in [6.45, 7) is 4.80. The predicted molar refractivity (Wildman–Crippen MR) is 232 cm³/mol. The predicted octanol–water partition coefficient (Wildman–Crippen LogP) is 13.8. The first-order chi connectivity index (χ1) is 27.2. The SMILES string of the molecule is C=C1/C=C\C=C/N(C2=CCCC(c3ccc4c5c(cccc35)-c3ccccc3-4)=C2)c2c3c(c4c(c21)c1ccccc1n4-c1ccccc1)-c1ccccc1C3. The molecule has 2 nitrogen and oxygen atoms in total. The summed E-state index contributed by atoms with van der Waals surface area (Å²) in [5.41, 5.74) is 21.7. The number of anilines is 1. The number of hydrogen-bond donors (Lipinski definition) is 0. The zero-order valence-corrected chi connectivity index (χ0v) is 30.4. The molecule has 2 heterocycles. The molecule has 0 N–H and O–H groups in total. The molecule has 4 aliphatic rings. The first kappa shape index (κ1) is 30.6. The van der Waals surface area contributed by atoms with E-state index in [2.05, 4.69) is 180 Å². The van der Waals surface area contributed by atoms with Gasteiger partial charge in [-0.1, -0.05) is 140 Å². The largest absolute Gasteiger partial charge is 0.317 e. The summed E-state index contributed by atoms with van der Waals surface area (Å²) in [6, 6.07) is 49.2. The number of rotatable bonds is 3. The average Bonchev–Trinajstić information content (AvgIpc) is 3.89. The van der Waals surface area contributed by atoms with Crippen LogP contribution in [0.25, 0.3) is 82.8 Å². The lowest BCUT2D eigenvalue weighted by Crippen LogP contribution is -2.20. The van der Waals surface area contributed by atoms with Crippen LogP contribution in [-0.4, -0.2) is 4.57 Å². The fraction of sp³-hybridized carbons (Fsp3) is 0.0566. The number of aromatic nitrogens is 1. The van der Waals surface area contributed by atoms with E-state index >= 15 is 0 Å². The minimum Gasteiger partial charge on any atom is -0.317 e. The molecule has 8 aromatic rings. The highest BCUT2D eigenvalue weighted by atomic mass is 15.1. The fourth-order valence-corrected chi connectivity index (χ4v) is 10.1. The summed E-state index contributed by atoms with van der Waals surface area (Å²) >= 11 is 0. The van der Waals surface area contributed by atoms with E-state index in [1.807, 2.05) is 0 Å². The highest BCUT2D eigenvalue weighted by molar-refractivity contribution is 6.23. The molecule has 55 heavy (non-hydrogen) atoms. The third-order valence-corrected chi connectivity index (χ3v) is 12.3. The normalized spacial score (nSPS) is 16.3. The molecule has 0 spiro atoms. The van der Waals surface area contributed by atoms with Crippen molar-refractivity contribution in [1.29, 1.82) is 0 Å². The maximum Gasteiger partial charge on any atom is 0.0630 e. The summed E-state index contributed by atoms with van der Waals surface area (Å²) < 4.78 is 2.49. The van der Waals surface area contributed by atoms with E-state index in [1.165, 1.54) is 111 Å². The van der Waals surface area contributed by atoms with Crippen LogP contribution in [0.2, 0.25) is 0 Å². The van der Waals surface area contributed by atoms with Gasteiger partial charge in [0.05, 0.1) is 16.7 Å². The third kappa shape index (κ3) is 4.25. The summed E-state index contributed by atoms with van der Waals surface area (Å²) in [4.78, 5) is 2.48. The van der Waals surface area contributed by atoms with E-state index in [9.17, 15) is 0 Å². The Morgan fingerprint density at radius 1 is 0.564 bits per heavy atom. The zero-order chi connectivity index (χ0) is 36.2. The molecule has 0 bridgehead atoms. The van der Waals surface area contributed by atoms with E-state index in [0.29, 0.717) is 0 Å². The van der Waals surface area contributed by atoms with Crippen molar-refractivity contribution in [3.05, 3.63) is 205 Å². The molecule has 1 aromatic heterocycles. The molecular weight excluding hydrogens is 665 g/mol. The van der Waals surface area contributed by atoms with Crippen LogP contribution in [0.15, 0.2) is 182 Å². The lowest BCUT2D eigenvalue weighted by atomic mass is 9.88. The van der Waals surface area contributed by atoms with Crippen LogP contribution in [0.5, 0.6) is 0 Å². The number of fused-ring (bicyclic) bond motifs is 13. The van der Waals surface area contributed by atoms with E-state index in [4.69, 9.17) is 6.58 Å². The quantitative estimate of drug-likeness (QED) is 0.178. The molecule has 0 unspecified atom stereocenters. The van der Waals surface area contributed by atoms with Crippen LogP contribution in [0, 0.1) is 0 Å². The zero-order valence-electron chi connectivity index (χ0n) is 30.4. The number of allylic oxidation sites excluding steroid dienone is 7. The molecule has 1 aliphatic heterocycles. The van der Waals surface area contributed by atoms with E-state index in [-0.39, 0.29) is 0 Å². The Bertz CT molecular complexity index is 3100. The van der Waals surface area contributed by atoms with Crippen LogP contribution in [0.4, 0.5) is 5.69 Å². The average molecular weight is 701 g/mol. The molecule has 12 rings (SSSR count). The van der Waals surface area contributed by atoms with Gasteiger partial charge < -0.3 is 9.47 Å². The maximum atomic E-state index is 4.80. The van der Waals surface area contributed by atoms with Gasteiger partial charge in [0.15, 0.2) is 0 Å². The standard InChI is InChI=1S/C53H36N2/c1-33-15-11-12-30-54(37-20-13-17-34(31-37)38-28-29-44-41-23-8-7-22-40(41)43-26-14-25-42(38)49(43)44)52-46-32-35-16-5-6-21-39(35)50(46)53-51(48(33)52)45-24-9-10-27-47(45)55(53)36-18-3-2-4-19-36/h2-12,14-16,18-31H,1,13,17,32H2/b15-11-,30-12-. The van der Waals surface area contributed by atoms with E-state index in [1.54, 1.807) is 0 Å². The second-order valence-electron chi connectivity index (χ2n) is 15.2. The molecule has 2 heteroatoms. The van der Waals surface area contributed by atoms with Crippen LogP contribution >= 0.6 is 0 Å². The highest BCUT2D eigenvalue weighted by Crippen LogP contribution is 2.55. The van der Waals surface area contributed by atoms with Crippen molar-refractivity contribution in [3.8, 4) is 39.1 Å². The first-order valence-electron chi connectivity index (χ1n) is 19.4. The number of benzene rings is 7. The molecule has 0 amide bonds. The fourth-order valence-electron chi connectivity index (χ4n) is 10.1. The Morgan fingerprint density at radius 2 is 1.27 bits per heavy atom. The van der Waals surface area contributed by atoms with Crippen molar-refractivity contribution in [1.82, 2.24) is 4.57 Å². The van der Waals surface area contributed by atoms with Gasteiger partial charge in [0, 0.05) is 45.9 Å². The second-order valence-corrected chi connectivity index (χ2v) is 15.2. The maximum absolute atomic E-state index is 4.80. The molecule has 258 valence electrons. The Hall–Kier alpha value is -6.90. The number of hydrogen-bond acceptors (Lipinski definition) is 1. The summed E-state index contributed by atoms with van der Waals surface area (Å²) in [6.07, 6.45) is 16.5. The molecule has 0 radical (unpaired) electrons. The van der Waals surface area contributed by atoms with Gasteiger partial charge in [-0.25, -0.2) is 0 Å². The lowest BCUT2D eigenvalue weighted by Gasteiger charge is -2.31. The van der Waals surface area contributed by atoms with E-state index < -0.39 is 0 Å². The smallest absolute Gasteiger partial charge is 0.0630 e. The van der Waals surface area contributed by atoms with Gasteiger partial charge >= 0.3 is 0 Å². The number of para-hydroxylation sites is 2. The molecule has 7 aromatic carbocycles. The summed E-state index contributed by atoms with van der Waals surface area (Å²) in [5, 5.41) is 5.22. The monoisotopic (exact) mass is 700 g/mol. The van der Waals surface area contributed by atoms with Gasteiger partial charge in [-0.15, -0.1) is 0 Å². The van der Waals surface area contributed by atoms with Gasteiger partial charge in [0.2, 0.25) is 0 Å². The molecule has 0 atom stereocenters. The topological polar surface area (TPSA) is 8.17 Å². The molecule has 0 saturated heterocycles. The van der Waals surface area contributed by atoms with Gasteiger partial charge in [0.1, 0.15) is 0 Å². The van der Waals surface area contributed by atoms with Crippen LogP contribution in [-0.2, 0) is 6.42 Å². The van der Waals surface area contributed by atoms with Crippen molar-refractivity contribution < 1.29 is 0 Å². The number of nitrogens with zero attached hydrogens (tertiary/aromatic N) is 2. The van der Waals surface area contributed by atoms with Crippen LogP contribution in [0.1, 0.15) is 35.1 Å². The summed E-state index contributed by atoms with van der Waals surface area (Å²) in [5.74, 6) is 0. The van der Waals surface area contributed by atoms with Gasteiger partial charge in [0.25, 0.3) is 0 Å². The molecular formula is C53H36N2. The molecule has 0 fully saturated rings. The molecule has 3 aliphatic carbocycles. The Labute approximate surface area is 320 Å². The minimum absolute atomic E-state index is 0.862. The van der Waals surface area contributed by atoms with Gasteiger partial charge in [-0.05, 0) is 110 Å². The summed E-state index contributed by atoms with van der Waals surface area (Å²) in [7, 11) is 0. The van der Waals surface area contributed by atoms with Crippen molar-refractivity contribution in [2.45, 2.75) is 19.3 Å². The highest BCUT2D eigenvalue weighted by Gasteiger charge is 2.34. The first-order valence-corrected chi connectivity index (χ1v) is 19.4. The lowest BCUT2D eigenvalue weighted by molar-refractivity contribution is 1.01. The van der Waals surface area contributed by atoms with E-state index in [0.717, 1.165) is 24.8 Å². The van der Waals surface area contributed by atoms with Gasteiger partial charge in [-0.3, -0.25) is 0 Å². The van der Waals surface area contributed by atoms with Crippen molar-refractivity contribution in [2.24, 2.45) is 0 Å². The van der Waals surface area contributed by atoms with Crippen molar-refractivity contribution in [3.63, 3.8) is 0 Å². The van der Waals surface area contributed by atoms with Crippen LogP contribution < -0.4 is 4.90 Å². The Balaban J connectivity index is 1.13. The van der Waals surface area contributed by atoms with Gasteiger partial charge in [-0.2, -0.15) is 0 Å². The second kappa shape index (κ2) is 11.5. The minimum atomic E-state index is 0.862. The van der Waals surface area contributed by atoms with Crippen molar-refractivity contribution in [2.75, 3.05) is 4.90 Å².